The number of rotatable bonds is 9. The van der Waals surface area contributed by atoms with Crippen LogP contribution in [-0.2, 0) is 19.6 Å². The molecule has 0 saturated heterocycles. The van der Waals surface area contributed by atoms with Gasteiger partial charge < -0.3 is 10.1 Å². The first-order valence-electron chi connectivity index (χ1n) is 10.6. The molecule has 1 N–H and O–H groups in total. The molecule has 6 nitrogen and oxygen atoms in total. The maximum atomic E-state index is 13.2. The van der Waals surface area contributed by atoms with Gasteiger partial charge in [0.05, 0.1) is 23.2 Å². The molecule has 0 aromatic heterocycles. The van der Waals surface area contributed by atoms with Crippen molar-refractivity contribution >= 4 is 33.3 Å². The standard InChI is InChI=1S/C23H29ClN2O4S/c1-3-30-22(27)12-6-4-5-9-15-25-23-18-10-7-8-11-20(18)26(2)31(28,29)21-16-17(24)13-14-19(21)23/h7-8,10-11,13-14,16,23,25H,3-6,9,12,15H2,1-2H3. The minimum absolute atomic E-state index is 0.142. The summed E-state index contributed by atoms with van der Waals surface area (Å²) in [5.74, 6) is -0.142. The van der Waals surface area contributed by atoms with E-state index in [2.05, 4.69) is 5.32 Å². The highest BCUT2D eigenvalue weighted by Crippen LogP contribution is 2.40. The summed E-state index contributed by atoms with van der Waals surface area (Å²) in [6.45, 7) is 2.96. The molecule has 1 unspecified atom stereocenters. The van der Waals surface area contributed by atoms with Crippen molar-refractivity contribution in [3.8, 4) is 0 Å². The minimum atomic E-state index is -3.72. The van der Waals surface area contributed by atoms with Crippen molar-refractivity contribution in [2.75, 3.05) is 24.5 Å². The molecule has 0 amide bonds. The number of para-hydroxylation sites is 1. The molecule has 1 aliphatic rings. The van der Waals surface area contributed by atoms with Crippen LogP contribution in [0.5, 0.6) is 0 Å². The van der Waals surface area contributed by atoms with E-state index >= 15 is 0 Å². The number of hydrogen-bond acceptors (Lipinski definition) is 5. The van der Waals surface area contributed by atoms with Crippen LogP contribution in [0, 0.1) is 0 Å². The highest BCUT2D eigenvalue weighted by molar-refractivity contribution is 7.92. The van der Waals surface area contributed by atoms with Crippen LogP contribution in [0.15, 0.2) is 47.4 Å². The summed E-state index contributed by atoms with van der Waals surface area (Å²) >= 11 is 6.14. The highest BCUT2D eigenvalue weighted by Gasteiger charge is 2.34. The molecule has 0 fully saturated rings. The summed E-state index contributed by atoms with van der Waals surface area (Å²) in [4.78, 5) is 11.6. The van der Waals surface area contributed by atoms with Crippen LogP contribution in [0.2, 0.25) is 5.02 Å². The van der Waals surface area contributed by atoms with Crippen molar-refractivity contribution in [3.05, 3.63) is 58.6 Å². The molecule has 168 valence electrons. The fraction of sp³-hybridized carbons (Fsp3) is 0.435. The lowest BCUT2D eigenvalue weighted by molar-refractivity contribution is -0.143. The summed E-state index contributed by atoms with van der Waals surface area (Å²) in [5, 5.41) is 3.94. The lowest BCUT2D eigenvalue weighted by Crippen LogP contribution is -2.26. The third-order valence-corrected chi connectivity index (χ3v) is 7.54. The number of carbonyl (C=O) groups excluding carboxylic acids is 1. The van der Waals surface area contributed by atoms with Gasteiger partial charge in [-0.25, -0.2) is 8.42 Å². The Morgan fingerprint density at radius 3 is 2.61 bits per heavy atom. The number of anilines is 1. The number of carbonyl (C=O) groups is 1. The summed E-state index contributed by atoms with van der Waals surface area (Å²) < 4.78 is 32.7. The van der Waals surface area contributed by atoms with Crippen LogP contribution in [0.3, 0.4) is 0 Å². The predicted molar refractivity (Wildman–Crippen MR) is 123 cm³/mol. The van der Waals surface area contributed by atoms with Crippen molar-refractivity contribution in [2.45, 2.75) is 50.0 Å². The van der Waals surface area contributed by atoms with Crippen LogP contribution in [0.25, 0.3) is 0 Å². The molecule has 1 aliphatic heterocycles. The van der Waals surface area contributed by atoms with Gasteiger partial charge in [-0.1, -0.05) is 48.7 Å². The molecule has 31 heavy (non-hydrogen) atoms. The number of hydrogen-bond donors (Lipinski definition) is 1. The van der Waals surface area contributed by atoms with Gasteiger partial charge in [-0.3, -0.25) is 9.10 Å². The molecule has 1 heterocycles. The molecule has 0 spiro atoms. The molecule has 2 aromatic carbocycles. The van der Waals surface area contributed by atoms with Crippen LogP contribution in [-0.4, -0.2) is 34.6 Å². The van der Waals surface area contributed by atoms with Crippen molar-refractivity contribution in [2.24, 2.45) is 0 Å². The monoisotopic (exact) mass is 464 g/mol. The van der Waals surface area contributed by atoms with Gasteiger partial charge in [0.25, 0.3) is 10.0 Å². The Balaban J connectivity index is 1.73. The first-order chi connectivity index (χ1) is 14.9. The van der Waals surface area contributed by atoms with Crippen molar-refractivity contribution in [1.82, 2.24) is 5.32 Å². The molecule has 0 saturated carbocycles. The fourth-order valence-electron chi connectivity index (χ4n) is 3.88. The number of nitrogens with zero attached hydrogens (tertiary/aromatic N) is 1. The Hall–Kier alpha value is -2.09. The summed E-state index contributed by atoms with van der Waals surface area (Å²) in [7, 11) is -2.14. The Morgan fingerprint density at radius 2 is 1.84 bits per heavy atom. The second-order valence-corrected chi connectivity index (χ2v) is 9.94. The van der Waals surface area contributed by atoms with E-state index in [1.807, 2.05) is 31.2 Å². The molecule has 0 bridgehead atoms. The molecular weight excluding hydrogens is 436 g/mol. The maximum Gasteiger partial charge on any atom is 0.305 e. The number of halogens is 1. The van der Waals surface area contributed by atoms with E-state index < -0.39 is 10.0 Å². The number of benzene rings is 2. The van der Waals surface area contributed by atoms with Gasteiger partial charge in [-0.2, -0.15) is 0 Å². The van der Waals surface area contributed by atoms with E-state index in [1.165, 1.54) is 10.4 Å². The van der Waals surface area contributed by atoms with E-state index in [9.17, 15) is 13.2 Å². The number of unbranched alkanes of at least 4 members (excludes halogenated alkanes) is 3. The molecule has 0 aliphatic carbocycles. The predicted octanol–water partition coefficient (Wildman–Crippen LogP) is 4.67. The van der Waals surface area contributed by atoms with Crippen LogP contribution >= 0.6 is 11.6 Å². The van der Waals surface area contributed by atoms with Gasteiger partial charge in [0.2, 0.25) is 0 Å². The van der Waals surface area contributed by atoms with Gasteiger partial charge in [0.1, 0.15) is 0 Å². The molecule has 3 rings (SSSR count). The molecule has 1 atom stereocenters. The van der Waals surface area contributed by atoms with Crippen molar-refractivity contribution in [1.29, 1.82) is 0 Å². The number of fused-ring (bicyclic) bond motifs is 2. The summed E-state index contributed by atoms with van der Waals surface area (Å²) in [6, 6.07) is 12.3. The number of esters is 1. The zero-order valence-electron chi connectivity index (χ0n) is 17.9. The van der Waals surface area contributed by atoms with Gasteiger partial charge in [0.15, 0.2) is 0 Å². The summed E-state index contributed by atoms with van der Waals surface area (Å²) in [6.07, 6.45) is 4.12. The van der Waals surface area contributed by atoms with Crippen molar-refractivity contribution in [3.63, 3.8) is 0 Å². The van der Waals surface area contributed by atoms with Gasteiger partial charge in [-0.05, 0) is 55.6 Å². The highest BCUT2D eigenvalue weighted by atomic mass is 35.5. The van der Waals surface area contributed by atoms with Crippen LogP contribution in [0.4, 0.5) is 5.69 Å². The third-order valence-electron chi connectivity index (χ3n) is 5.47. The first kappa shape index (κ1) is 23.6. The largest absolute Gasteiger partial charge is 0.466 e. The number of ether oxygens (including phenoxy) is 1. The zero-order valence-corrected chi connectivity index (χ0v) is 19.5. The first-order valence-corrected chi connectivity index (χ1v) is 12.4. The lowest BCUT2D eigenvalue weighted by Gasteiger charge is -2.22. The average Bonchev–Trinajstić information content (AvgIpc) is 2.81. The van der Waals surface area contributed by atoms with E-state index in [4.69, 9.17) is 16.3 Å². The smallest absolute Gasteiger partial charge is 0.305 e. The maximum absolute atomic E-state index is 13.2. The van der Waals surface area contributed by atoms with Gasteiger partial charge in [0, 0.05) is 18.5 Å². The second-order valence-electron chi connectivity index (χ2n) is 7.57. The summed E-state index contributed by atoms with van der Waals surface area (Å²) in [5.41, 5.74) is 2.27. The SMILES string of the molecule is CCOC(=O)CCCCCCNC1c2ccccc2N(C)S(=O)(=O)c2cc(Cl)ccc21. The normalized spacial score (nSPS) is 16.9. The molecule has 0 radical (unpaired) electrons. The van der Waals surface area contributed by atoms with E-state index in [-0.39, 0.29) is 16.9 Å². The fourth-order valence-corrected chi connectivity index (χ4v) is 5.60. The van der Waals surface area contributed by atoms with E-state index in [1.54, 1.807) is 19.2 Å². The minimum Gasteiger partial charge on any atom is -0.466 e. The van der Waals surface area contributed by atoms with E-state index in [0.717, 1.165) is 37.8 Å². The van der Waals surface area contributed by atoms with E-state index in [0.29, 0.717) is 29.3 Å². The Labute approximate surface area is 189 Å². The number of sulfonamides is 1. The quantitative estimate of drug-likeness (QED) is 0.431. The lowest BCUT2D eigenvalue weighted by atomic mass is 9.96. The van der Waals surface area contributed by atoms with Gasteiger partial charge in [-0.15, -0.1) is 0 Å². The Kier molecular flexibility index (Phi) is 7.97. The van der Waals surface area contributed by atoms with Crippen LogP contribution in [0.1, 0.15) is 56.2 Å². The Bertz CT molecular complexity index is 1030. The van der Waals surface area contributed by atoms with Crippen LogP contribution < -0.4 is 9.62 Å². The molecule has 8 heteroatoms. The molecular formula is C23H29ClN2O4S. The third kappa shape index (κ3) is 5.40. The zero-order chi connectivity index (χ0) is 22.4. The molecule has 2 aromatic rings. The topological polar surface area (TPSA) is 75.7 Å². The average molecular weight is 465 g/mol. The second kappa shape index (κ2) is 10.5. The van der Waals surface area contributed by atoms with Crippen molar-refractivity contribution < 1.29 is 17.9 Å². The number of nitrogens with one attached hydrogen (secondary N) is 1. The van der Waals surface area contributed by atoms with Gasteiger partial charge >= 0.3 is 5.97 Å². The Morgan fingerprint density at radius 1 is 1.10 bits per heavy atom.